The molecule has 1 heterocycles. The molecule has 0 radical (unpaired) electrons. The fourth-order valence-corrected chi connectivity index (χ4v) is 3.69. The van der Waals surface area contributed by atoms with Crippen LogP contribution in [0.25, 0.3) is 10.9 Å². The smallest absolute Gasteiger partial charge is 0.504 e. The molecule has 22 heavy (non-hydrogen) atoms. The second-order valence-corrected chi connectivity index (χ2v) is 6.71. The van der Waals surface area contributed by atoms with Gasteiger partial charge in [-0.05, 0) is 31.2 Å². The zero-order valence-corrected chi connectivity index (χ0v) is 12.7. The van der Waals surface area contributed by atoms with Gasteiger partial charge in [-0.25, -0.2) is 12.4 Å². The molecule has 0 aliphatic heterocycles. The molecule has 0 amide bonds. The maximum absolute atomic E-state index is 12.8. The largest absolute Gasteiger partial charge is 0.537 e. The van der Waals surface area contributed by atoms with Crippen molar-refractivity contribution in [2.24, 2.45) is 0 Å². The highest BCUT2D eigenvalue weighted by molar-refractivity contribution is 7.90. The number of aromatic nitrogens is 1. The Morgan fingerprint density at radius 1 is 1.09 bits per heavy atom. The first-order valence-corrected chi connectivity index (χ1v) is 8.14. The average Bonchev–Trinajstić information content (AvgIpc) is 2.88. The molecule has 0 aliphatic carbocycles. The van der Waals surface area contributed by atoms with E-state index in [4.69, 9.17) is 9.68 Å². The molecule has 0 saturated heterocycles. The SMILES string of the molecule is Cc1ccc(S(=O)(=O)n2cc(OBO)c3ccccc32)cc1. The van der Waals surface area contributed by atoms with Crippen molar-refractivity contribution in [2.45, 2.75) is 11.8 Å². The van der Waals surface area contributed by atoms with Gasteiger partial charge in [-0.2, -0.15) is 0 Å². The Morgan fingerprint density at radius 2 is 1.77 bits per heavy atom. The van der Waals surface area contributed by atoms with Gasteiger partial charge in [0.2, 0.25) is 0 Å². The van der Waals surface area contributed by atoms with Crippen LogP contribution in [0.15, 0.2) is 59.6 Å². The highest BCUT2D eigenvalue weighted by atomic mass is 32.2. The van der Waals surface area contributed by atoms with Crippen molar-refractivity contribution < 1.29 is 18.1 Å². The molecule has 3 rings (SSSR count). The molecule has 0 aliphatic rings. The summed E-state index contributed by atoms with van der Waals surface area (Å²) < 4.78 is 31.9. The van der Waals surface area contributed by atoms with Crippen LogP contribution < -0.4 is 4.65 Å². The summed E-state index contributed by atoms with van der Waals surface area (Å²) in [6.07, 6.45) is 1.38. The van der Waals surface area contributed by atoms with Crippen LogP contribution in [-0.4, -0.2) is 25.1 Å². The van der Waals surface area contributed by atoms with Crippen molar-refractivity contribution in [3.8, 4) is 5.75 Å². The van der Waals surface area contributed by atoms with Crippen LogP contribution in [-0.2, 0) is 10.0 Å². The Bertz CT molecular complexity index is 916. The molecular weight excluding hydrogens is 301 g/mol. The first-order chi connectivity index (χ1) is 10.5. The lowest BCUT2D eigenvalue weighted by Crippen LogP contribution is -2.11. The van der Waals surface area contributed by atoms with Gasteiger partial charge in [-0.15, -0.1) is 0 Å². The molecule has 0 atom stereocenters. The summed E-state index contributed by atoms with van der Waals surface area (Å²) in [6, 6.07) is 13.7. The molecule has 112 valence electrons. The molecular formula is C15H14BNO4S. The van der Waals surface area contributed by atoms with Gasteiger partial charge in [0.25, 0.3) is 10.0 Å². The minimum absolute atomic E-state index is 0.203. The maximum Gasteiger partial charge on any atom is 0.504 e. The molecule has 1 N–H and O–H groups in total. The number of nitrogens with zero attached hydrogens (tertiary/aromatic N) is 1. The van der Waals surface area contributed by atoms with Gasteiger partial charge >= 0.3 is 7.69 Å². The van der Waals surface area contributed by atoms with E-state index < -0.39 is 17.7 Å². The van der Waals surface area contributed by atoms with E-state index in [-0.39, 0.29) is 4.90 Å². The number of aryl methyl sites for hydroxylation is 1. The highest BCUT2D eigenvalue weighted by Crippen LogP contribution is 2.30. The number of benzene rings is 2. The van der Waals surface area contributed by atoms with Gasteiger partial charge < -0.3 is 9.68 Å². The first-order valence-electron chi connectivity index (χ1n) is 6.70. The molecule has 0 unspecified atom stereocenters. The zero-order valence-electron chi connectivity index (χ0n) is 11.9. The lowest BCUT2D eigenvalue weighted by atomic mass is 10.2. The summed E-state index contributed by atoms with van der Waals surface area (Å²) in [6.45, 7) is 1.90. The third-order valence-corrected chi connectivity index (χ3v) is 5.13. The van der Waals surface area contributed by atoms with Gasteiger partial charge in [0.05, 0.1) is 16.6 Å². The standard InChI is InChI=1S/C15H14BNO4S/c1-11-6-8-12(9-7-11)22(19,20)17-10-15(21-16-18)13-4-2-3-5-14(13)17/h2-10,16,18H,1H3. The van der Waals surface area contributed by atoms with Crippen LogP contribution in [0.2, 0.25) is 0 Å². The first kappa shape index (κ1) is 14.7. The van der Waals surface area contributed by atoms with Crippen molar-refractivity contribution in [2.75, 3.05) is 0 Å². The van der Waals surface area contributed by atoms with Crippen molar-refractivity contribution in [1.29, 1.82) is 0 Å². The second kappa shape index (κ2) is 5.51. The number of hydrogen-bond donors (Lipinski definition) is 1. The maximum atomic E-state index is 12.8. The van der Waals surface area contributed by atoms with Crippen LogP contribution in [0.3, 0.4) is 0 Å². The predicted molar refractivity (Wildman–Crippen MR) is 85.7 cm³/mol. The van der Waals surface area contributed by atoms with Crippen molar-refractivity contribution >= 4 is 28.6 Å². The minimum atomic E-state index is -3.72. The van der Waals surface area contributed by atoms with Crippen molar-refractivity contribution in [3.05, 3.63) is 60.3 Å². The molecule has 7 heteroatoms. The van der Waals surface area contributed by atoms with Gasteiger partial charge in [-0.1, -0.05) is 29.8 Å². The van der Waals surface area contributed by atoms with Crippen LogP contribution in [0, 0.1) is 6.92 Å². The molecule has 3 aromatic rings. The van der Waals surface area contributed by atoms with E-state index in [1.807, 2.05) is 6.92 Å². The van der Waals surface area contributed by atoms with Gasteiger partial charge in [0.15, 0.2) is 0 Å². The van der Waals surface area contributed by atoms with Crippen LogP contribution in [0.1, 0.15) is 5.56 Å². The van der Waals surface area contributed by atoms with Crippen LogP contribution >= 0.6 is 0 Å². The van der Waals surface area contributed by atoms with Crippen molar-refractivity contribution in [3.63, 3.8) is 0 Å². The Kier molecular flexibility index (Phi) is 3.68. The highest BCUT2D eigenvalue weighted by Gasteiger charge is 2.21. The van der Waals surface area contributed by atoms with E-state index in [0.29, 0.717) is 16.7 Å². The summed E-state index contributed by atoms with van der Waals surface area (Å²) in [4.78, 5) is 0.203. The Labute approximate surface area is 129 Å². The Morgan fingerprint density at radius 3 is 2.45 bits per heavy atom. The quantitative estimate of drug-likeness (QED) is 0.746. The molecule has 1 aromatic heterocycles. The van der Waals surface area contributed by atoms with Gasteiger partial charge in [0.1, 0.15) is 5.75 Å². The van der Waals surface area contributed by atoms with E-state index >= 15 is 0 Å². The minimum Gasteiger partial charge on any atom is -0.537 e. The number of hydrogen-bond acceptors (Lipinski definition) is 4. The summed E-state index contributed by atoms with van der Waals surface area (Å²) in [5.74, 6) is 0.328. The molecule has 0 bridgehead atoms. The van der Waals surface area contributed by atoms with Gasteiger partial charge in [-0.3, -0.25) is 0 Å². The molecule has 5 nitrogen and oxygen atoms in total. The number of rotatable bonds is 4. The topological polar surface area (TPSA) is 68.5 Å². The lowest BCUT2D eigenvalue weighted by Gasteiger charge is -2.07. The van der Waals surface area contributed by atoms with E-state index in [9.17, 15) is 8.42 Å². The number of fused-ring (bicyclic) bond motifs is 1. The summed E-state index contributed by atoms with van der Waals surface area (Å²) >= 11 is 0. The molecule has 0 fully saturated rings. The fraction of sp³-hybridized carbons (Fsp3) is 0.0667. The summed E-state index contributed by atoms with van der Waals surface area (Å²) in [5, 5.41) is 9.59. The fourth-order valence-electron chi connectivity index (χ4n) is 2.33. The molecule has 0 spiro atoms. The summed E-state index contributed by atoms with van der Waals surface area (Å²) in [7, 11) is -4.24. The lowest BCUT2D eigenvalue weighted by molar-refractivity contribution is 0.456. The van der Waals surface area contributed by atoms with Crippen molar-refractivity contribution in [1.82, 2.24) is 3.97 Å². The third-order valence-electron chi connectivity index (χ3n) is 3.44. The Hall–Kier alpha value is -2.25. The molecule has 0 saturated carbocycles. The summed E-state index contributed by atoms with van der Waals surface area (Å²) in [5.41, 5.74) is 1.49. The predicted octanol–water partition coefficient (Wildman–Crippen LogP) is 1.82. The third kappa shape index (κ3) is 2.38. The van der Waals surface area contributed by atoms with Crippen LogP contribution in [0.5, 0.6) is 5.75 Å². The monoisotopic (exact) mass is 315 g/mol. The Balaban J connectivity index is 2.23. The normalized spacial score (nSPS) is 11.5. The van der Waals surface area contributed by atoms with Crippen LogP contribution in [0.4, 0.5) is 0 Å². The van der Waals surface area contributed by atoms with E-state index in [1.165, 1.54) is 10.2 Å². The second-order valence-electron chi connectivity index (χ2n) is 4.90. The number of para-hydroxylation sites is 1. The van der Waals surface area contributed by atoms with E-state index in [2.05, 4.69) is 0 Å². The van der Waals surface area contributed by atoms with E-state index in [0.717, 1.165) is 5.56 Å². The molecule has 2 aromatic carbocycles. The van der Waals surface area contributed by atoms with Gasteiger partial charge in [0, 0.05) is 5.39 Å². The average molecular weight is 315 g/mol. The zero-order chi connectivity index (χ0) is 15.7. The van der Waals surface area contributed by atoms with E-state index in [1.54, 1.807) is 48.5 Å².